The standard InChI is InChI=1S/C22H21N3O4/c1-3-24(20-10-5-4-7-16(20)2)22(27)18-11-12-21(26)23(15-18)14-17-8-6-9-19(13-17)25(28)29/h4-13,15H,3,14H2,1-2H3. The zero-order chi connectivity index (χ0) is 21.0. The zero-order valence-corrected chi connectivity index (χ0v) is 16.2. The molecule has 2 aromatic carbocycles. The Morgan fingerprint density at radius 1 is 1.10 bits per heavy atom. The molecule has 0 spiro atoms. The van der Waals surface area contributed by atoms with Crippen molar-refractivity contribution in [2.75, 3.05) is 11.4 Å². The van der Waals surface area contributed by atoms with Crippen molar-refractivity contribution < 1.29 is 9.72 Å². The lowest BCUT2D eigenvalue weighted by molar-refractivity contribution is -0.384. The van der Waals surface area contributed by atoms with E-state index < -0.39 is 4.92 Å². The summed E-state index contributed by atoms with van der Waals surface area (Å²) in [7, 11) is 0. The molecule has 7 nitrogen and oxygen atoms in total. The number of nitro groups is 1. The van der Waals surface area contributed by atoms with Crippen LogP contribution in [0.4, 0.5) is 11.4 Å². The van der Waals surface area contributed by atoms with Crippen LogP contribution in [0.25, 0.3) is 0 Å². The third-order valence-corrected chi connectivity index (χ3v) is 4.67. The maximum absolute atomic E-state index is 13.1. The predicted octanol–water partition coefficient (Wildman–Crippen LogP) is 3.78. The summed E-state index contributed by atoms with van der Waals surface area (Å²) in [6.45, 7) is 4.45. The Hall–Kier alpha value is -3.74. The molecule has 3 aromatic rings. The number of pyridine rings is 1. The van der Waals surface area contributed by atoms with Gasteiger partial charge in [0.25, 0.3) is 17.2 Å². The van der Waals surface area contributed by atoms with E-state index in [1.165, 1.54) is 35.0 Å². The van der Waals surface area contributed by atoms with E-state index in [1.54, 1.807) is 17.0 Å². The third-order valence-electron chi connectivity index (χ3n) is 4.67. The monoisotopic (exact) mass is 391 g/mol. The van der Waals surface area contributed by atoms with Gasteiger partial charge in [0.2, 0.25) is 0 Å². The first-order valence-corrected chi connectivity index (χ1v) is 9.22. The molecule has 0 fully saturated rings. The second-order valence-corrected chi connectivity index (χ2v) is 6.65. The normalized spacial score (nSPS) is 10.6. The van der Waals surface area contributed by atoms with Crippen LogP contribution in [-0.4, -0.2) is 21.9 Å². The van der Waals surface area contributed by atoms with E-state index >= 15 is 0 Å². The molecular weight excluding hydrogens is 370 g/mol. The first kappa shape index (κ1) is 20.0. The summed E-state index contributed by atoms with van der Waals surface area (Å²) in [4.78, 5) is 37.5. The first-order chi connectivity index (χ1) is 13.9. The highest BCUT2D eigenvalue weighted by Crippen LogP contribution is 2.21. The SMILES string of the molecule is CCN(C(=O)c1ccc(=O)n(Cc2cccc([N+](=O)[O-])c2)c1)c1ccccc1C. The van der Waals surface area contributed by atoms with E-state index in [-0.39, 0.29) is 23.7 Å². The van der Waals surface area contributed by atoms with Crippen molar-refractivity contribution in [2.24, 2.45) is 0 Å². The number of benzene rings is 2. The van der Waals surface area contributed by atoms with Gasteiger partial charge in [-0.3, -0.25) is 19.7 Å². The van der Waals surface area contributed by atoms with Crippen LogP contribution in [-0.2, 0) is 6.54 Å². The molecule has 1 heterocycles. The molecule has 0 saturated carbocycles. The summed E-state index contributed by atoms with van der Waals surface area (Å²) < 4.78 is 1.39. The van der Waals surface area contributed by atoms with Crippen molar-refractivity contribution in [1.29, 1.82) is 0 Å². The number of hydrogen-bond donors (Lipinski definition) is 0. The maximum atomic E-state index is 13.1. The van der Waals surface area contributed by atoms with Crippen molar-refractivity contribution in [3.05, 3.63) is 104 Å². The van der Waals surface area contributed by atoms with Crippen molar-refractivity contribution in [1.82, 2.24) is 4.57 Å². The average molecular weight is 391 g/mol. The smallest absolute Gasteiger partial charge is 0.269 e. The number of carbonyl (C=O) groups is 1. The number of nitrogens with zero attached hydrogens (tertiary/aromatic N) is 3. The third kappa shape index (κ3) is 4.40. The van der Waals surface area contributed by atoms with Gasteiger partial charge < -0.3 is 9.47 Å². The van der Waals surface area contributed by atoms with E-state index in [1.807, 2.05) is 38.1 Å². The number of anilines is 1. The molecule has 7 heteroatoms. The van der Waals surface area contributed by atoms with E-state index in [0.29, 0.717) is 17.7 Å². The average Bonchev–Trinajstić information content (AvgIpc) is 2.71. The lowest BCUT2D eigenvalue weighted by Gasteiger charge is -2.23. The number of rotatable bonds is 6. The van der Waals surface area contributed by atoms with E-state index in [0.717, 1.165) is 11.3 Å². The topological polar surface area (TPSA) is 85.5 Å². The Labute approximate surface area is 168 Å². The van der Waals surface area contributed by atoms with E-state index in [4.69, 9.17) is 0 Å². The molecule has 0 unspecified atom stereocenters. The molecule has 0 bridgehead atoms. The number of non-ortho nitro benzene ring substituents is 1. The van der Waals surface area contributed by atoms with Gasteiger partial charge >= 0.3 is 0 Å². The van der Waals surface area contributed by atoms with Gasteiger partial charge in [0.15, 0.2) is 0 Å². The molecule has 0 atom stereocenters. The van der Waals surface area contributed by atoms with Crippen molar-refractivity contribution >= 4 is 17.3 Å². The zero-order valence-electron chi connectivity index (χ0n) is 16.2. The highest BCUT2D eigenvalue weighted by Gasteiger charge is 2.18. The predicted molar refractivity (Wildman–Crippen MR) is 111 cm³/mol. The molecule has 0 N–H and O–H groups in total. The van der Waals surface area contributed by atoms with Crippen LogP contribution < -0.4 is 10.5 Å². The molecular formula is C22H21N3O4. The Morgan fingerprint density at radius 3 is 2.55 bits per heavy atom. The van der Waals surface area contributed by atoms with Crippen LogP contribution in [0.1, 0.15) is 28.4 Å². The van der Waals surface area contributed by atoms with Gasteiger partial charge in [-0.2, -0.15) is 0 Å². The Morgan fingerprint density at radius 2 is 1.86 bits per heavy atom. The van der Waals surface area contributed by atoms with E-state index in [9.17, 15) is 19.7 Å². The second kappa shape index (κ2) is 8.52. The molecule has 0 aliphatic heterocycles. The minimum absolute atomic E-state index is 0.0421. The minimum atomic E-state index is -0.479. The number of aromatic nitrogens is 1. The summed E-state index contributed by atoms with van der Waals surface area (Å²) in [5, 5.41) is 11.0. The number of nitro benzene ring substituents is 1. The summed E-state index contributed by atoms with van der Waals surface area (Å²) in [5.74, 6) is -0.213. The first-order valence-electron chi connectivity index (χ1n) is 9.22. The molecule has 3 rings (SSSR count). The van der Waals surface area contributed by atoms with Gasteiger partial charge in [-0.15, -0.1) is 0 Å². The number of amides is 1. The van der Waals surface area contributed by atoms with Gasteiger partial charge in [-0.1, -0.05) is 30.3 Å². The van der Waals surface area contributed by atoms with Gasteiger partial charge in [-0.05, 0) is 37.1 Å². The fourth-order valence-electron chi connectivity index (χ4n) is 3.19. The van der Waals surface area contributed by atoms with Gasteiger partial charge in [0.1, 0.15) is 0 Å². The van der Waals surface area contributed by atoms with Crippen LogP contribution in [0.5, 0.6) is 0 Å². The Bertz CT molecular complexity index is 1120. The summed E-state index contributed by atoms with van der Waals surface area (Å²) in [6.07, 6.45) is 1.50. The second-order valence-electron chi connectivity index (χ2n) is 6.65. The van der Waals surface area contributed by atoms with Crippen molar-refractivity contribution in [3.8, 4) is 0 Å². The fraction of sp³-hybridized carbons (Fsp3) is 0.182. The molecule has 148 valence electrons. The summed E-state index contributed by atoms with van der Waals surface area (Å²) >= 11 is 0. The molecule has 29 heavy (non-hydrogen) atoms. The number of para-hydroxylation sites is 1. The van der Waals surface area contributed by atoms with Crippen LogP contribution in [0.2, 0.25) is 0 Å². The van der Waals surface area contributed by atoms with Gasteiger partial charge in [0.05, 0.1) is 17.0 Å². The molecule has 0 radical (unpaired) electrons. The fourth-order valence-corrected chi connectivity index (χ4v) is 3.19. The van der Waals surface area contributed by atoms with Crippen molar-refractivity contribution in [2.45, 2.75) is 20.4 Å². The van der Waals surface area contributed by atoms with Crippen LogP contribution in [0, 0.1) is 17.0 Å². The number of hydrogen-bond acceptors (Lipinski definition) is 4. The summed E-state index contributed by atoms with van der Waals surface area (Å²) in [6, 6.07) is 16.6. The van der Waals surface area contributed by atoms with E-state index in [2.05, 4.69) is 0 Å². The van der Waals surface area contributed by atoms with Crippen LogP contribution in [0.15, 0.2) is 71.7 Å². The summed E-state index contributed by atoms with van der Waals surface area (Å²) in [5.41, 5.74) is 2.45. The van der Waals surface area contributed by atoms with Gasteiger partial charge in [-0.25, -0.2) is 0 Å². The highest BCUT2D eigenvalue weighted by atomic mass is 16.6. The van der Waals surface area contributed by atoms with Crippen LogP contribution in [0.3, 0.4) is 0 Å². The lowest BCUT2D eigenvalue weighted by atomic mass is 10.1. The molecule has 0 aliphatic carbocycles. The molecule has 1 aromatic heterocycles. The highest BCUT2D eigenvalue weighted by molar-refractivity contribution is 6.06. The quantitative estimate of drug-likeness (QED) is 0.473. The Kier molecular flexibility index (Phi) is 5.87. The molecule has 0 aliphatic rings. The minimum Gasteiger partial charge on any atom is -0.310 e. The molecule has 1 amide bonds. The van der Waals surface area contributed by atoms with Crippen LogP contribution >= 0.6 is 0 Å². The maximum Gasteiger partial charge on any atom is 0.269 e. The number of carbonyl (C=O) groups excluding carboxylic acids is 1. The van der Waals surface area contributed by atoms with Gasteiger partial charge in [0, 0.05) is 36.6 Å². The largest absolute Gasteiger partial charge is 0.310 e. The lowest BCUT2D eigenvalue weighted by Crippen LogP contribution is -2.32. The van der Waals surface area contributed by atoms with Crippen molar-refractivity contribution in [3.63, 3.8) is 0 Å². The molecule has 0 saturated heterocycles. The Balaban J connectivity index is 1.93. The number of aryl methyl sites for hydroxylation is 1.